The first-order valence-corrected chi connectivity index (χ1v) is 7.51. The lowest BCUT2D eigenvalue weighted by Crippen LogP contribution is -3.11. The second-order valence-corrected chi connectivity index (χ2v) is 6.99. The van der Waals surface area contributed by atoms with Crippen molar-refractivity contribution in [3.05, 3.63) is 71.8 Å². The maximum atomic E-state index is 6.44. The van der Waals surface area contributed by atoms with Crippen LogP contribution >= 0.6 is 11.6 Å². The molecule has 0 unspecified atom stereocenters. The van der Waals surface area contributed by atoms with Gasteiger partial charge in [-0.1, -0.05) is 60.7 Å². The van der Waals surface area contributed by atoms with E-state index in [-0.39, 0.29) is 17.3 Å². The minimum atomic E-state index is -0.182. The Morgan fingerprint density at radius 2 is 1.19 bits per heavy atom. The van der Waals surface area contributed by atoms with Crippen molar-refractivity contribution < 1.29 is 17.3 Å². The minimum Gasteiger partial charge on any atom is -1.00 e. The molecule has 0 radical (unpaired) electrons. The van der Waals surface area contributed by atoms with Crippen LogP contribution in [0.5, 0.6) is 0 Å². The smallest absolute Gasteiger partial charge is 0.103 e. The average molecular weight is 324 g/mol. The fourth-order valence-electron chi connectivity index (χ4n) is 2.55. The molecule has 0 aliphatic carbocycles. The van der Waals surface area contributed by atoms with Crippen LogP contribution in [0.2, 0.25) is 0 Å². The van der Waals surface area contributed by atoms with Gasteiger partial charge in [0.2, 0.25) is 0 Å². The molecule has 0 amide bonds. The highest BCUT2D eigenvalue weighted by molar-refractivity contribution is 6.23. The number of alkyl halides is 1. The maximum absolute atomic E-state index is 6.44. The summed E-state index contributed by atoms with van der Waals surface area (Å²) in [6.07, 6.45) is 0. The van der Waals surface area contributed by atoms with Crippen LogP contribution in [0.3, 0.4) is 0 Å². The van der Waals surface area contributed by atoms with Crippen molar-refractivity contribution in [2.24, 2.45) is 0 Å². The molecule has 1 N–H and O–H groups in total. The van der Waals surface area contributed by atoms with Gasteiger partial charge in [0.25, 0.3) is 0 Å². The van der Waals surface area contributed by atoms with Crippen LogP contribution in [-0.4, -0.2) is 11.4 Å². The molecule has 0 fully saturated rings. The molecular weight excluding hydrogens is 301 g/mol. The summed E-state index contributed by atoms with van der Waals surface area (Å²) < 4.78 is 0. The highest BCUT2D eigenvalue weighted by Gasteiger charge is 2.22. The highest BCUT2D eigenvalue weighted by atomic mass is 35.5. The molecule has 0 aliphatic heterocycles. The van der Waals surface area contributed by atoms with Gasteiger partial charge in [-0.15, -0.1) is 11.6 Å². The predicted molar refractivity (Wildman–Crippen MR) is 86.1 cm³/mol. The standard InChI is InChI=1S/C18H22ClN.ClH/c1-18(2,19)15-20(13-16-9-5-3-6-10-16)14-17-11-7-4-8-12-17;/h3-12H,13-15H2,1-2H3;1H. The second-order valence-electron chi connectivity index (χ2n) is 5.97. The van der Waals surface area contributed by atoms with E-state index in [1.165, 1.54) is 16.0 Å². The molecular formula is C18H23Cl2N. The molecule has 2 rings (SSSR count). The zero-order chi connectivity index (χ0) is 14.4. The molecule has 0 bridgehead atoms. The third-order valence-electron chi connectivity index (χ3n) is 3.26. The third kappa shape index (κ3) is 6.99. The third-order valence-corrected chi connectivity index (χ3v) is 3.40. The van der Waals surface area contributed by atoms with Crippen molar-refractivity contribution in [1.82, 2.24) is 0 Å². The molecule has 3 heteroatoms. The lowest BCUT2D eigenvalue weighted by molar-refractivity contribution is -0.929. The van der Waals surface area contributed by atoms with E-state index in [0.717, 1.165) is 19.6 Å². The van der Waals surface area contributed by atoms with E-state index < -0.39 is 0 Å². The van der Waals surface area contributed by atoms with Crippen molar-refractivity contribution in [3.8, 4) is 0 Å². The number of benzene rings is 2. The van der Waals surface area contributed by atoms with Gasteiger partial charge < -0.3 is 17.3 Å². The molecule has 0 saturated heterocycles. The summed E-state index contributed by atoms with van der Waals surface area (Å²) in [4.78, 5) is 1.31. The Bertz CT molecular complexity index is 464. The van der Waals surface area contributed by atoms with E-state index in [4.69, 9.17) is 11.6 Å². The number of nitrogens with one attached hydrogen (secondary N) is 1. The summed E-state index contributed by atoms with van der Waals surface area (Å²) in [5, 5.41) is 0. The topological polar surface area (TPSA) is 4.44 Å². The molecule has 0 heterocycles. The van der Waals surface area contributed by atoms with Gasteiger partial charge in [0, 0.05) is 11.1 Å². The Hall–Kier alpha value is -1.02. The average Bonchev–Trinajstić information content (AvgIpc) is 2.39. The second kappa shape index (κ2) is 8.43. The predicted octanol–water partition coefficient (Wildman–Crippen LogP) is 0.293. The van der Waals surface area contributed by atoms with Gasteiger partial charge >= 0.3 is 0 Å². The molecule has 114 valence electrons. The van der Waals surface area contributed by atoms with Gasteiger partial charge in [0.1, 0.15) is 13.1 Å². The number of hydrogen-bond donors (Lipinski definition) is 1. The summed E-state index contributed by atoms with van der Waals surface area (Å²) in [5.74, 6) is 0. The molecule has 2 aromatic carbocycles. The van der Waals surface area contributed by atoms with Crippen LogP contribution < -0.4 is 17.3 Å². The molecule has 1 nitrogen and oxygen atoms in total. The first-order valence-electron chi connectivity index (χ1n) is 7.13. The summed E-state index contributed by atoms with van der Waals surface area (Å²) >= 11 is 6.44. The normalized spacial score (nSPS) is 11.2. The number of rotatable bonds is 6. The van der Waals surface area contributed by atoms with E-state index >= 15 is 0 Å². The van der Waals surface area contributed by atoms with Crippen molar-refractivity contribution in [2.45, 2.75) is 31.8 Å². The maximum Gasteiger partial charge on any atom is 0.103 e. The zero-order valence-corrected chi connectivity index (χ0v) is 14.2. The molecule has 2 aromatic rings. The van der Waals surface area contributed by atoms with E-state index in [1.54, 1.807) is 0 Å². The summed E-state index contributed by atoms with van der Waals surface area (Å²) in [6, 6.07) is 21.3. The van der Waals surface area contributed by atoms with Crippen LogP contribution in [-0.2, 0) is 13.1 Å². The van der Waals surface area contributed by atoms with Gasteiger partial charge in [-0.05, 0) is 13.8 Å². The van der Waals surface area contributed by atoms with Crippen LogP contribution in [0.15, 0.2) is 60.7 Å². The minimum absolute atomic E-state index is 0. The Morgan fingerprint density at radius 3 is 1.52 bits per heavy atom. The fraction of sp³-hybridized carbons (Fsp3) is 0.333. The summed E-state index contributed by atoms with van der Waals surface area (Å²) in [7, 11) is 0. The zero-order valence-electron chi connectivity index (χ0n) is 12.7. The Kier molecular flexibility index (Phi) is 7.24. The SMILES string of the molecule is CC(C)(Cl)C[NH+](Cc1ccccc1)Cc1ccccc1.[Cl-]. The van der Waals surface area contributed by atoms with Crippen molar-refractivity contribution >= 4 is 11.6 Å². The number of halogens is 2. The van der Waals surface area contributed by atoms with Gasteiger partial charge in [-0.3, -0.25) is 0 Å². The molecule has 0 aromatic heterocycles. The Morgan fingerprint density at radius 1 is 0.810 bits per heavy atom. The quantitative estimate of drug-likeness (QED) is 0.729. The van der Waals surface area contributed by atoms with Gasteiger partial charge in [0.05, 0.1) is 11.4 Å². The lowest BCUT2D eigenvalue weighted by atomic mass is 10.1. The molecule has 0 spiro atoms. The molecule has 0 aliphatic rings. The van der Waals surface area contributed by atoms with Crippen molar-refractivity contribution in [2.75, 3.05) is 6.54 Å². The van der Waals surface area contributed by atoms with Gasteiger partial charge in [-0.25, -0.2) is 0 Å². The number of hydrogen-bond acceptors (Lipinski definition) is 0. The Labute approximate surface area is 139 Å². The number of quaternary nitrogens is 1. The highest BCUT2D eigenvalue weighted by Crippen LogP contribution is 2.09. The monoisotopic (exact) mass is 323 g/mol. The van der Waals surface area contributed by atoms with E-state index in [2.05, 4.69) is 74.5 Å². The molecule has 0 atom stereocenters. The lowest BCUT2D eigenvalue weighted by Gasteiger charge is -2.25. The van der Waals surface area contributed by atoms with E-state index in [9.17, 15) is 0 Å². The first-order chi connectivity index (χ1) is 9.53. The van der Waals surface area contributed by atoms with Crippen LogP contribution in [0, 0.1) is 0 Å². The first kappa shape index (κ1) is 18.0. The van der Waals surface area contributed by atoms with E-state index in [0.29, 0.717) is 0 Å². The fourth-order valence-corrected chi connectivity index (χ4v) is 2.74. The largest absolute Gasteiger partial charge is 1.00 e. The summed E-state index contributed by atoms with van der Waals surface area (Å²) in [6.45, 7) is 7.13. The van der Waals surface area contributed by atoms with Crippen molar-refractivity contribution in [3.63, 3.8) is 0 Å². The van der Waals surface area contributed by atoms with Crippen LogP contribution in [0.1, 0.15) is 25.0 Å². The van der Waals surface area contributed by atoms with Gasteiger partial charge in [0.15, 0.2) is 0 Å². The molecule has 0 saturated carbocycles. The Balaban J connectivity index is 0.00000220. The molecule has 21 heavy (non-hydrogen) atoms. The van der Waals surface area contributed by atoms with Crippen LogP contribution in [0.25, 0.3) is 0 Å². The van der Waals surface area contributed by atoms with Crippen LogP contribution in [0.4, 0.5) is 0 Å². The summed E-state index contributed by atoms with van der Waals surface area (Å²) in [5.41, 5.74) is 2.72. The van der Waals surface area contributed by atoms with Gasteiger partial charge in [-0.2, -0.15) is 0 Å². The van der Waals surface area contributed by atoms with E-state index in [1.807, 2.05) is 0 Å². The van der Waals surface area contributed by atoms with Crippen molar-refractivity contribution in [1.29, 1.82) is 0 Å².